The molecule has 0 atom stereocenters. The van der Waals surface area contributed by atoms with Gasteiger partial charge in [-0.3, -0.25) is 9.74 Å². The van der Waals surface area contributed by atoms with E-state index in [0.29, 0.717) is 19.7 Å². The lowest BCUT2D eigenvalue weighted by molar-refractivity contribution is -0.142. The third-order valence-electron chi connectivity index (χ3n) is 3.57. The van der Waals surface area contributed by atoms with Gasteiger partial charge in [0.25, 0.3) is 0 Å². The van der Waals surface area contributed by atoms with Crippen LogP contribution in [0.15, 0.2) is 0 Å². The van der Waals surface area contributed by atoms with Crippen molar-refractivity contribution in [3.05, 3.63) is 0 Å². The molecule has 1 fully saturated rings. The summed E-state index contributed by atoms with van der Waals surface area (Å²) in [5, 5.41) is 4.33. The second-order valence-electron chi connectivity index (χ2n) is 5.79. The highest BCUT2D eigenvalue weighted by atomic mass is 35.5. The molecule has 0 bridgehead atoms. The van der Waals surface area contributed by atoms with E-state index in [4.69, 9.17) is 15.3 Å². The van der Waals surface area contributed by atoms with Gasteiger partial charge in [0, 0.05) is 26.2 Å². The third-order valence-corrected chi connectivity index (χ3v) is 3.57. The number of hydroxylamine groups is 2. The zero-order valence-corrected chi connectivity index (χ0v) is 16.5. The summed E-state index contributed by atoms with van der Waals surface area (Å²) in [6.45, 7) is 10.00. The Morgan fingerprint density at radius 1 is 1.25 bits per heavy atom. The fourth-order valence-corrected chi connectivity index (χ4v) is 2.25. The van der Waals surface area contributed by atoms with E-state index in [-0.39, 0.29) is 36.9 Å². The maximum Gasteiger partial charge on any atom is 0.341 e. The Labute approximate surface area is 158 Å². The van der Waals surface area contributed by atoms with Crippen LogP contribution in [0.2, 0.25) is 0 Å². The lowest BCUT2D eigenvalue weighted by Crippen LogP contribution is -2.46. The molecule has 0 aromatic heterocycles. The number of urea groups is 1. The van der Waals surface area contributed by atoms with Gasteiger partial charge in [0.1, 0.15) is 0 Å². The van der Waals surface area contributed by atoms with Crippen LogP contribution in [0.4, 0.5) is 4.79 Å². The van der Waals surface area contributed by atoms with E-state index < -0.39 is 0 Å². The van der Waals surface area contributed by atoms with Gasteiger partial charge in [0.05, 0.1) is 25.9 Å². The van der Waals surface area contributed by atoms with Crippen LogP contribution in [-0.4, -0.2) is 74.6 Å². The number of nitrogens with zero attached hydrogens (tertiary/aromatic N) is 2. The second-order valence-corrected chi connectivity index (χ2v) is 5.79. The van der Waals surface area contributed by atoms with E-state index in [0.717, 1.165) is 52.1 Å². The molecule has 1 rings (SSSR count). The zero-order valence-electron chi connectivity index (χ0n) is 14.9. The Bertz CT molecular complexity index is 306. The number of nitrogens with one attached hydrogen (secondary N) is 1. The molecule has 24 heavy (non-hydrogen) atoms. The predicted molar refractivity (Wildman–Crippen MR) is 101 cm³/mol. The second kappa shape index (κ2) is 16.2. The van der Waals surface area contributed by atoms with Gasteiger partial charge in [-0.15, -0.1) is 24.8 Å². The fourth-order valence-electron chi connectivity index (χ4n) is 2.25. The molecule has 1 saturated heterocycles. The van der Waals surface area contributed by atoms with Crippen LogP contribution in [0.25, 0.3) is 0 Å². The highest BCUT2D eigenvalue weighted by Crippen LogP contribution is 2.03. The number of rotatable bonds is 10. The maximum atomic E-state index is 12.1. The van der Waals surface area contributed by atoms with Crippen molar-refractivity contribution in [3.8, 4) is 0 Å². The monoisotopic (exact) mass is 388 g/mol. The molecule has 2 amide bonds. The van der Waals surface area contributed by atoms with Crippen molar-refractivity contribution >= 4 is 30.8 Å². The van der Waals surface area contributed by atoms with Crippen LogP contribution in [0.1, 0.15) is 33.1 Å². The van der Waals surface area contributed by atoms with Crippen molar-refractivity contribution in [3.63, 3.8) is 0 Å². The molecule has 1 heterocycles. The summed E-state index contributed by atoms with van der Waals surface area (Å²) in [4.78, 5) is 20.1. The molecular weight excluding hydrogens is 355 g/mol. The number of carbonyl (C=O) groups is 1. The van der Waals surface area contributed by atoms with Crippen LogP contribution < -0.4 is 11.1 Å². The Kier molecular flexibility index (Phi) is 17.5. The Morgan fingerprint density at radius 2 is 1.92 bits per heavy atom. The summed E-state index contributed by atoms with van der Waals surface area (Å²) in [5.74, 6) is 0. The zero-order chi connectivity index (χ0) is 16.2. The standard InChI is InChI=1S/C15H32N4O3.2ClH/c1-14(2)19(15(20)17-7-5-3-4-6-16)22-13-10-18-8-11-21-12-9-18;;/h14H,3-13,16H2,1-2H3,(H,17,20);2*1H. The van der Waals surface area contributed by atoms with Crippen molar-refractivity contribution in [2.75, 3.05) is 52.5 Å². The summed E-state index contributed by atoms with van der Waals surface area (Å²) < 4.78 is 5.31. The minimum absolute atomic E-state index is 0. The average molecular weight is 389 g/mol. The average Bonchev–Trinajstić information content (AvgIpc) is 2.52. The van der Waals surface area contributed by atoms with Gasteiger partial charge in [0.15, 0.2) is 0 Å². The van der Waals surface area contributed by atoms with Crippen LogP contribution in [0.3, 0.4) is 0 Å². The number of carbonyl (C=O) groups excluding carboxylic acids is 1. The lowest BCUT2D eigenvalue weighted by atomic mass is 10.2. The van der Waals surface area contributed by atoms with Gasteiger partial charge in [-0.1, -0.05) is 6.42 Å². The normalized spacial score (nSPS) is 14.7. The SMILES string of the molecule is CC(C)N(OCCN1CCOCC1)C(=O)NCCCCCN.Cl.Cl. The highest BCUT2D eigenvalue weighted by molar-refractivity contribution is 5.85. The molecule has 7 nitrogen and oxygen atoms in total. The van der Waals surface area contributed by atoms with E-state index in [9.17, 15) is 4.79 Å². The molecule has 1 aliphatic heterocycles. The van der Waals surface area contributed by atoms with Crippen LogP contribution >= 0.6 is 24.8 Å². The van der Waals surface area contributed by atoms with E-state index in [2.05, 4.69) is 10.2 Å². The van der Waals surface area contributed by atoms with Crippen LogP contribution in [0.5, 0.6) is 0 Å². The van der Waals surface area contributed by atoms with Gasteiger partial charge >= 0.3 is 6.03 Å². The van der Waals surface area contributed by atoms with E-state index in [1.807, 2.05) is 13.8 Å². The van der Waals surface area contributed by atoms with Crippen molar-refractivity contribution in [2.24, 2.45) is 5.73 Å². The molecule has 146 valence electrons. The number of unbranched alkanes of at least 4 members (excludes halogenated alkanes) is 2. The molecule has 0 spiro atoms. The summed E-state index contributed by atoms with van der Waals surface area (Å²) in [6, 6.07) is -0.154. The number of hydrogen-bond donors (Lipinski definition) is 2. The molecule has 0 radical (unpaired) electrons. The predicted octanol–water partition coefficient (Wildman–Crippen LogP) is 1.64. The molecule has 0 unspecified atom stereocenters. The van der Waals surface area contributed by atoms with Crippen molar-refractivity contribution in [1.82, 2.24) is 15.3 Å². The molecule has 0 saturated carbocycles. The maximum absolute atomic E-state index is 12.1. The number of hydrogen-bond acceptors (Lipinski definition) is 5. The topological polar surface area (TPSA) is 80.1 Å². The number of morpholine rings is 1. The van der Waals surface area contributed by atoms with Gasteiger partial charge < -0.3 is 15.8 Å². The van der Waals surface area contributed by atoms with Crippen molar-refractivity contribution in [2.45, 2.75) is 39.2 Å². The van der Waals surface area contributed by atoms with Crippen molar-refractivity contribution in [1.29, 1.82) is 0 Å². The first-order chi connectivity index (χ1) is 10.6. The molecule has 0 aromatic rings. The largest absolute Gasteiger partial charge is 0.379 e. The number of ether oxygens (including phenoxy) is 1. The fraction of sp³-hybridized carbons (Fsp3) is 0.933. The molecule has 3 N–H and O–H groups in total. The Balaban J connectivity index is 0. The first-order valence-corrected chi connectivity index (χ1v) is 8.35. The summed E-state index contributed by atoms with van der Waals surface area (Å²) in [7, 11) is 0. The van der Waals surface area contributed by atoms with Crippen molar-refractivity contribution < 1.29 is 14.4 Å². The van der Waals surface area contributed by atoms with Crippen LogP contribution in [0, 0.1) is 0 Å². The Hall–Kier alpha value is -0.310. The van der Waals surface area contributed by atoms with E-state index in [1.165, 1.54) is 5.06 Å². The number of amides is 2. The quantitative estimate of drug-likeness (QED) is 0.439. The van der Waals surface area contributed by atoms with Gasteiger partial charge in [-0.2, -0.15) is 0 Å². The first-order valence-electron chi connectivity index (χ1n) is 8.35. The molecule has 9 heteroatoms. The smallest absolute Gasteiger partial charge is 0.341 e. The van der Waals surface area contributed by atoms with Crippen LogP contribution in [-0.2, 0) is 9.57 Å². The minimum Gasteiger partial charge on any atom is -0.379 e. The summed E-state index contributed by atoms with van der Waals surface area (Å²) >= 11 is 0. The summed E-state index contributed by atoms with van der Waals surface area (Å²) in [6.07, 6.45) is 2.98. The van der Waals surface area contributed by atoms with Gasteiger partial charge in [-0.05, 0) is 33.2 Å². The van der Waals surface area contributed by atoms with Gasteiger partial charge in [0.2, 0.25) is 0 Å². The molecule has 0 aromatic carbocycles. The van der Waals surface area contributed by atoms with Gasteiger partial charge in [-0.25, -0.2) is 9.86 Å². The minimum atomic E-state index is -0.162. The molecule has 1 aliphatic rings. The first kappa shape index (κ1) is 25.9. The molecule has 0 aliphatic carbocycles. The number of halogens is 2. The Morgan fingerprint density at radius 3 is 2.50 bits per heavy atom. The van der Waals surface area contributed by atoms with E-state index >= 15 is 0 Å². The number of nitrogens with two attached hydrogens (primary N) is 1. The molecular formula is C15H34Cl2N4O3. The lowest BCUT2D eigenvalue weighted by Gasteiger charge is -2.29. The van der Waals surface area contributed by atoms with E-state index in [1.54, 1.807) is 0 Å². The third kappa shape index (κ3) is 11.3. The highest BCUT2D eigenvalue weighted by Gasteiger charge is 2.18. The summed E-state index contributed by atoms with van der Waals surface area (Å²) in [5.41, 5.74) is 5.45.